The normalized spacial score (nSPS) is 11.8. The maximum Gasteiger partial charge on any atom is 0.416 e. The van der Waals surface area contributed by atoms with Crippen LogP contribution < -0.4 is 11.2 Å². The maximum absolute atomic E-state index is 12.6. The van der Waals surface area contributed by atoms with Crippen LogP contribution in [0.3, 0.4) is 0 Å². The van der Waals surface area contributed by atoms with Crippen molar-refractivity contribution in [2.45, 2.75) is 11.9 Å². The van der Waals surface area contributed by atoms with Crippen molar-refractivity contribution >= 4 is 29.9 Å². The summed E-state index contributed by atoms with van der Waals surface area (Å²) < 4.78 is 37.8. The number of benzene rings is 1. The molecule has 4 N–H and O–H groups in total. The summed E-state index contributed by atoms with van der Waals surface area (Å²) in [5.41, 5.74) is 6.61. The Morgan fingerprint density at radius 2 is 2.15 bits per heavy atom. The van der Waals surface area contributed by atoms with Gasteiger partial charge in [-0.15, -0.1) is 0 Å². The van der Waals surface area contributed by atoms with Gasteiger partial charge in [-0.1, -0.05) is 6.07 Å². The van der Waals surface area contributed by atoms with E-state index in [1.165, 1.54) is 6.07 Å². The summed E-state index contributed by atoms with van der Waals surface area (Å²) in [4.78, 5) is 0. The van der Waals surface area contributed by atoms with Crippen LogP contribution in [0.2, 0.25) is 0 Å². The lowest BCUT2D eigenvalue weighted by atomic mass is 10.1. The van der Waals surface area contributed by atoms with Crippen LogP contribution in [0.25, 0.3) is 0 Å². The van der Waals surface area contributed by atoms with E-state index in [0.29, 0.717) is 5.56 Å². The van der Waals surface area contributed by atoms with E-state index in [0.717, 1.165) is 12.1 Å². The Balaban J connectivity index is 3.16. The van der Waals surface area contributed by atoms with Gasteiger partial charge < -0.3 is 5.73 Å². The van der Waals surface area contributed by atoms with E-state index in [1.54, 1.807) is 6.07 Å². The standard InChI is InChI=1S/C11H10F3N5S/c12-11(13,14)7-2-1-6(5-20)8(3-7)18-19-9(4-15)10(16)17/h1-3,18,20H,5H2,(H3,16,17)/b19-9+. The molecule has 0 atom stereocenters. The van der Waals surface area contributed by atoms with Crippen molar-refractivity contribution in [2.24, 2.45) is 10.8 Å². The third kappa shape index (κ3) is 3.89. The summed E-state index contributed by atoms with van der Waals surface area (Å²) in [6.07, 6.45) is -4.49. The molecule has 0 aliphatic heterocycles. The molecule has 0 saturated heterocycles. The lowest BCUT2D eigenvalue weighted by Gasteiger charge is -2.12. The van der Waals surface area contributed by atoms with Crippen LogP contribution in [0, 0.1) is 16.7 Å². The van der Waals surface area contributed by atoms with Crippen LogP contribution in [0.1, 0.15) is 11.1 Å². The van der Waals surface area contributed by atoms with E-state index in [1.807, 2.05) is 0 Å². The molecule has 106 valence electrons. The van der Waals surface area contributed by atoms with Gasteiger partial charge in [-0.3, -0.25) is 10.8 Å². The van der Waals surface area contributed by atoms with Gasteiger partial charge in [-0.25, -0.2) is 0 Å². The third-order valence-corrected chi connectivity index (χ3v) is 2.60. The predicted octanol–water partition coefficient (Wildman–Crippen LogP) is 2.36. The highest BCUT2D eigenvalue weighted by Crippen LogP contribution is 2.32. The van der Waals surface area contributed by atoms with Crippen molar-refractivity contribution in [3.8, 4) is 6.07 Å². The first-order valence-electron chi connectivity index (χ1n) is 5.18. The Kier molecular flexibility index (Phi) is 4.99. The molecule has 0 heterocycles. The number of hydrazone groups is 1. The number of nitrogens with one attached hydrogen (secondary N) is 2. The molecule has 0 saturated carbocycles. The molecule has 1 aromatic rings. The first kappa shape index (κ1) is 15.8. The summed E-state index contributed by atoms with van der Waals surface area (Å²) in [5.74, 6) is -0.405. The molecule has 0 bridgehead atoms. The van der Waals surface area contributed by atoms with Crippen molar-refractivity contribution in [1.29, 1.82) is 10.7 Å². The minimum atomic E-state index is -4.49. The Bertz CT molecular complexity index is 589. The van der Waals surface area contributed by atoms with Gasteiger partial charge in [0.25, 0.3) is 0 Å². The number of nitriles is 1. The van der Waals surface area contributed by atoms with Crippen LogP contribution in [0.15, 0.2) is 23.3 Å². The highest BCUT2D eigenvalue weighted by atomic mass is 32.1. The molecule has 5 nitrogen and oxygen atoms in total. The zero-order chi connectivity index (χ0) is 15.3. The highest BCUT2D eigenvalue weighted by molar-refractivity contribution is 7.79. The van der Waals surface area contributed by atoms with Crippen LogP contribution >= 0.6 is 12.6 Å². The van der Waals surface area contributed by atoms with E-state index in [2.05, 4.69) is 23.2 Å². The van der Waals surface area contributed by atoms with Crippen LogP contribution in [0.4, 0.5) is 18.9 Å². The summed E-state index contributed by atoms with van der Waals surface area (Å²) in [6, 6.07) is 4.59. The number of alkyl halides is 3. The number of nitrogens with zero attached hydrogens (tertiary/aromatic N) is 2. The van der Waals surface area contributed by atoms with Crippen molar-refractivity contribution in [1.82, 2.24) is 0 Å². The number of rotatable bonds is 4. The molecule has 1 rings (SSSR count). The minimum Gasteiger partial charge on any atom is -0.382 e. The van der Waals surface area contributed by atoms with E-state index in [4.69, 9.17) is 16.4 Å². The molecule has 0 aromatic heterocycles. The van der Waals surface area contributed by atoms with Crippen LogP contribution in [-0.4, -0.2) is 11.5 Å². The Morgan fingerprint density at radius 3 is 2.60 bits per heavy atom. The first-order chi connectivity index (χ1) is 9.29. The number of halogens is 3. The van der Waals surface area contributed by atoms with Crippen LogP contribution in [0.5, 0.6) is 0 Å². The monoisotopic (exact) mass is 301 g/mol. The van der Waals surface area contributed by atoms with Gasteiger partial charge in [0.2, 0.25) is 5.71 Å². The van der Waals surface area contributed by atoms with E-state index in [9.17, 15) is 13.2 Å². The Labute approximate surface area is 118 Å². The number of hydrogen-bond donors (Lipinski definition) is 4. The second-order valence-corrected chi connectivity index (χ2v) is 3.94. The molecule has 0 aliphatic carbocycles. The number of nitrogens with two attached hydrogens (primary N) is 1. The third-order valence-electron chi connectivity index (χ3n) is 2.26. The molecule has 1 aromatic carbocycles. The molecule has 0 unspecified atom stereocenters. The predicted molar refractivity (Wildman–Crippen MR) is 72.7 cm³/mol. The average molecular weight is 301 g/mol. The number of thiol groups is 1. The minimum absolute atomic E-state index is 0.0452. The molecule has 0 aliphatic rings. The van der Waals surface area contributed by atoms with Crippen LogP contribution in [-0.2, 0) is 11.9 Å². The van der Waals surface area contributed by atoms with Crippen molar-refractivity contribution < 1.29 is 13.2 Å². The maximum atomic E-state index is 12.6. The fourth-order valence-electron chi connectivity index (χ4n) is 1.26. The zero-order valence-corrected chi connectivity index (χ0v) is 10.9. The Hall–Kier alpha value is -2.21. The van der Waals surface area contributed by atoms with E-state index < -0.39 is 23.3 Å². The lowest BCUT2D eigenvalue weighted by molar-refractivity contribution is -0.137. The molecule has 0 radical (unpaired) electrons. The molecule has 9 heteroatoms. The van der Waals surface area contributed by atoms with Gasteiger partial charge in [-0.05, 0) is 17.7 Å². The molecular formula is C11H10F3N5S. The molecule has 0 amide bonds. The lowest BCUT2D eigenvalue weighted by Crippen LogP contribution is -2.22. The SMILES string of the molecule is N#C/C(=N\Nc1cc(C(F)(F)F)ccc1CS)C(=N)N. The summed E-state index contributed by atoms with van der Waals surface area (Å²) in [5, 5.41) is 19.2. The fourth-order valence-corrected chi connectivity index (χ4v) is 1.53. The molecule has 0 spiro atoms. The zero-order valence-electron chi connectivity index (χ0n) is 9.99. The quantitative estimate of drug-likeness (QED) is 0.297. The largest absolute Gasteiger partial charge is 0.416 e. The van der Waals surface area contributed by atoms with Gasteiger partial charge >= 0.3 is 6.18 Å². The van der Waals surface area contributed by atoms with E-state index >= 15 is 0 Å². The topological polar surface area (TPSA) is 98.0 Å². The number of amidine groups is 1. The number of hydrogen-bond acceptors (Lipinski definition) is 5. The van der Waals surface area contributed by atoms with Crippen molar-refractivity contribution in [3.63, 3.8) is 0 Å². The van der Waals surface area contributed by atoms with Crippen molar-refractivity contribution in [3.05, 3.63) is 29.3 Å². The number of anilines is 1. The summed E-state index contributed by atoms with van der Waals surface area (Å²) >= 11 is 3.99. The van der Waals surface area contributed by atoms with Gasteiger partial charge in [0, 0.05) is 5.75 Å². The summed E-state index contributed by atoms with van der Waals surface area (Å²) in [6.45, 7) is 0. The first-order valence-corrected chi connectivity index (χ1v) is 5.82. The van der Waals surface area contributed by atoms with Gasteiger partial charge in [0.05, 0.1) is 11.3 Å². The van der Waals surface area contributed by atoms with Gasteiger partial charge in [0.1, 0.15) is 6.07 Å². The Morgan fingerprint density at radius 1 is 1.50 bits per heavy atom. The van der Waals surface area contributed by atoms with Crippen molar-refractivity contribution in [2.75, 3.05) is 5.43 Å². The average Bonchev–Trinajstić information content (AvgIpc) is 2.37. The summed E-state index contributed by atoms with van der Waals surface area (Å²) in [7, 11) is 0. The van der Waals surface area contributed by atoms with E-state index in [-0.39, 0.29) is 11.4 Å². The highest BCUT2D eigenvalue weighted by Gasteiger charge is 2.30. The molecule has 0 fully saturated rings. The second kappa shape index (κ2) is 6.29. The second-order valence-electron chi connectivity index (χ2n) is 3.63. The van der Waals surface area contributed by atoms with Gasteiger partial charge in [-0.2, -0.15) is 36.2 Å². The molecular weight excluding hydrogens is 291 g/mol. The fraction of sp³-hybridized carbons (Fsp3) is 0.182. The smallest absolute Gasteiger partial charge is 0.382 e. The van der Waals surface area contributed by atoms with Gasteiger partial charge in [0.15, 0.2) is 5.84 Å². The molecule has 20 heavy (non-hydrogen) atoms.